The Morgan fingerprint density at radius 2 is 2.00 bits per heavy atom. The second-order valence-electron chi connectivity index (χ2n) is 4.58. The molecule has 0 amide bonds. The average Bonchev–Trinajstić information content (AvgIpc) is 3.03. The van der Waals surface area contributed by atoms with Crippen LogP contribution in [0.3, 0.4) is 0 Å². The number of halogens is 1. The van der Waals surface area contributed by atoms with Crippen molar-refractivity contribution in [2.45, 2.75) is 10.9 Å². The first-order valence-corrected chi connectivity index (χ1v) is 7.68. The number of nitrogens with zero attached hydrogens (tertiary/aromatic N) is 2. The Hall–Kier alpha value is -2.34. The van der Waals surface area contributed by atoms with Crippen LogP contribution in [0.2, 0.25) is 0 Å². The second kappa shape index (κ2) is 6.62. The first-order valence-electron chi connectivity index (χ1n) is 6.69. The first kappa shape index (κ1) is 14.6. The average molecular weight is 315 g/mol. The molecule has 0 radical (unpaired) electrons. The molecule has 1 aromatic heterocycles. The summed E-state index contributed by atoms with van der Waals surface area (Å²) >= 11 is 1.43. The number of hydrogen-bond donors (Lipinski definition) is 1. The van der Waals surface area contributed by atoms with Gasteiger partial charge < -0.3 is 4.74 Å². The van der Waals surface area contributed by atoms with Crippen molar-refractivity contribution >= 4 is 11.8 Å². The largest absolute Gasteiger partial charge is 0.496 e. The number of methoxy groups -OCH3 is 1. The molecule has 0 saturated carbocycles. The fraction of sp³-hybridized carbons (Fsp3) is 0.125. The van der Waals surface area contributed by atoms with E-state index in [1.54, 1.807) is 13.2 Å². The fourth-order valence-electron chi connectivity index (χ4n) is 2.04. The Morgan fingerprint density at radius 3 is 2.77 bits per heavy atom. The van der Waals surface area contributed by atoms with Crippen LogP contribution < -0.4 is 4.74 Å². The van der Waals surface area contributed by atoms with Gasteiger partial charge in [0.1, 0.15) is 11.6 Å². The third-order valence-electron chi connectivity index (χ3n) is 3.11. The summed E-state index contributed by atoms with van der Waals surface area (Å²) in [5.41, 5.74) is 1.75. The standard InChI is InChI=1S/C16H14FN3OS/c1-21-14-8-7-13(17)9-12(14)10-22-16-18-15(19-20-16)11-5-3-2-4-6-11/h2-9H,10H2,1H3,(H,18,19,20). The topological polar surface area (TPSA) is 50.8 Å². The maximum Gasteiger partial charge on any atom is 0.209 e. The van der Waals surface area contributed by atoms with Gasteiger partial charge in [0.2, 0.25) is 5.16 Å². The molecule has 112 valence electrons. The van der Waals surface area contributed by atoms with E-state index in [0.29, 0.717) is 22.5 Å². The zero-order valence-electron chi connectivity index (χ0n) is 11.9. The molecule has 1 heterocycles. The van der Waals surface area contributed by atoms with E-state index in [9.17, 15) is 4.39 Å². The molecule has 0 saturated heterocycles. The van der Waals surface area contributed by atoms with Gasteiger partial charge in [-0.05, 0) is 18.2 Å². The molecule has 2 aromatic carbocycles. The van der Waals surface area contributed by atoms with E-state index in [1.165, 1.54) is 23.9 Å². The monoisotopic (exact) mass is 315 g/mol. The second-order valence-corrected chi connectivity index (χ2v) is 5.52. The lowest BCUT2D eigenvalue weighted by Gasteiger charge is -2.06. The highest BCUT2D eigenvalue weighted by Crippen LogP contribution is 2.27. The summed E-state index contributed by atoms with van der Waals surface area (Å²) in [6, 6.07) is 14.2. The van der Waals surface area contributed by atoms with E-state index in [4.69, 9.17) is 4.74 Å². The highest BCUT2D eigenvalue weighted by atomic mass is 32.2. The number of ether oxygens (including phenoxy) is 1. The lowest BCUT2D eigenvalue weighted by atomic mass is 10.2. The van der Waals surface area contributed by atoms with Gasteiger partial charge in [-0.25, -0.2) is 9.37 Å². The Bertz CT molecular complexity index is 761. The molecule has 3 rings (SSSR count). The van der Waals surface area contributed by atoms with Crippen molar-refractivity contribution in [2.75, 3.05) is 7.11 Å². The molecule has 4 nitrogen and oxygen atoms in total. The minimum absolute atomic E-state index is 0.281. The van der Waals surface area contributed by atoms with Gasteiger partial charge in [0.05, 0.1) is 7.11 Å². The number of rotatable bonds is 5. The summed E-state index contributed by atoms with van der Waals surface area (Å²) in [5, 5.41) is 7.70. The van der Waals surface area contributed by atoms with Crippen LogP contribution in [0.1, 0.15) is 5.56 Å². The van der Waals surface area contributed by atoms with Crippen molar-refractivity contribution in [1.29, 1.82) is 0 Å². The minimum Gasteiger partial charge on any atom is -0.496 e. The highest BCUT2D eigenvalue weighted by Gasteiger charge is 2.09. The van der Waals surface area contributed by atoms with E-state index in [0.717, 1.165) is 11.1 Å². The number of aromatic amines is 1. The van der Waals surface area contributed by atoms with E-state index in [2.05, 4.69) is 15.2 Å². The van der Waals surface area contributed by atoms with Gasteiger partial charge in [0, 0.05) is 16.9 Å². The van der Waals surface area contributed by atoms with E-state index < -0.39 is 0 Å². The zero-order valence-corrected chi connectivity index (χ0v) is 12.7. The summed E-state index contributed by atoms with van der Waals surface area (Å²) in [4.78, 5) is 4.44. The molecule has 0 bridgehead atoms. The van der Waals surface area contributed by atoms with Crippen LogP contribution >= 0.6 is 11.8 Å². The lowest BCUT2D eigenvalue weighted by molar-refractivity contribution is 0.410. The SMILES string of the molecule is COc1ccc(F)cc1CSc1n[nH]c(-c2ccccc2)n1. The van der Waals surface area contributed by atoms with Gasteiger partial charge >= 0.3 is 0 Å². The van der Waals surface area contributed by atoms with Crippen molar-refractivity contribution in [1.82, 2.24) is 15.2 Å². The van der Waals surface area contributed by atoms with Crippen LogP contribution in [0.5, 0.6) is 5.75 Å². The zero-order chi connectivity index (χ0) is 15.4. The van der Waals surface area contributed by atoms with Crippen molar-refractivity contribution in [2.24, 2.45) is 0 Å². The number of thioether (sulfide) groups is 1. The van der Waals surface area contributed by atoms with Crippen molar-refractivity contribution in [3.8, 4) is 17.1 Å². The summed E-state index contributed by atoms with van der Waals surface area (Å²) in [5.74, 6) is 1.63. The van der Waals surface area contributed by atoms with Gasteiger partial charge in [-0.1, -0.05) is 42.1 Å². The van der Waals surface area contributed by atoms with Crippen LogP contribution in [0.15, 0.2) is 53.7 Å². The molecule has 0 aliphatic heterocycles. The third kappa shape index (κ3) is 3.28. The molecule has 0 atom stereocenters. The van der Waals surface area contributed by atoms with Crippen LogP contribution in [0.4, 0.5) is 4.39 Å². The molecule has 0 unspecified atom stereocenters. The van der Waals surface area contributed by atoms with Crippen molar-refractivity contribution in [3.05, 3.63) is 59.9 Å². The van der Waals surface area contributed by atoms with Crippen LogP contribution in [-0.2, 0) is 5.75 Å². The van der Waals surface area contributed by atoms with Crippen molar-refractivity contribution in [3.63, 3.8) is 0 Å². The first-order chi connectivity index (χ1) is 10.8. The van der Waals surface area contributed by atoms with Crippen LogP contribution in [0, 0.1) is 5.82 Å². The van der Waals surface area contributed by atoms with Gasteiger partial charge in [0.25, 0.3) is 0 Å². The van der Waals surface area contributed by atoms with Gasteiger partial charge in [-0.3, -0.25) is 5.10 Å². The Morgan fingerprint density at radius 1 is 1.18 bits per heavy atom. The Kier molecular flexibility index (Phi) is 4.39. The normalized spacial score (nSPS) is 10.6. The molecule has 0 spiro atoms. The predicted molar refractivity (Wildman–Crippen MR) is 84.3 cm³/mol. The summed E-state index contributed by atoms with van der Waals surface area (Å²) in [6.07, 6.45) is 0. The third-order valence-corrected chi connectivity index (χ3v) is 4.01. The van der Waals surface area contributed by atoms with Gasteiger partial charge in [-0.2, -0.15) is 0 Å². The number of nitrogens with one attached hydrogen (secondary N) is 1. The van der Waals surface area contributed by atoms with Crippen LogP contribution in [-0.4, -0.2) is 22.3 Å². The van der Waals surface area contributed by atoms with E-state index >= 15 is 0 Å². The molecule has 6 heteroatoms. The van der Waals surface area contributed by atoms with Crippen LogP contribution in [0.25, 0.3) is 11.4 Å². The highest BCUT2D eigenvalue weighted by molar-refractivity contribution is 7.98. The minimum atomic E-state index is -0.281. The molecule has 0 aliphatic carbocycles. The number of hydrogen-bond acceptors (Lipinski definition) is 4. The summed E-state index contributed by atoms with van der Waals surface area (Å²) in [7, 11) is 1.57. The Balaban J connectivity index is 1.73. The molecule has 0 fully saturated rings. The molecule has 3 aromatic rings. The number of H-pyrrole nitrogens is 1. The lowest BCUT2D eigenvalue weighted by Crippen LogP contribution is -1.92. The van der Waals surface area contributed by atoms with Gasteiger partial charge in [0.15, 0.2) is 5.82 Å². The fourth-order valence-corrected chi connectivity index (χ4v) is 2.81. The maximum absolute atomic E-state index is 13.3. The van der Waals surface area contributed by atoms with Gasteiger partial charge in [-0.15, -0.1) is 5.10 Å². The molecule has 0 aliphatic rings. The van der Waals surface area contributed by atoms with Crippen molar-refractivity contribution < 1.29 is 9.13 Å². The van der Waals surface area contributed by atoms with E-state index in [1.807, 2.05) is 30.3 Å². The number of aromatic nitrogens is 3. The Labute approximate surface area is 131 Å². The maximum atomic E-state index is 13.3. The molecular formula is C16H14FN3OS. The van der Waals surface area contributed by atoms with E-state index in [-0.39, 0.29) is 5.82 Å². The summed E-state index contributed by atoms with van der Waals surface area (Å²) < 4.78 is 18.6. The summed E-state index contributed by atoms with van der Waals surface area (Å²) in [6.45, 7) is 0. The molecule has 1 N–H and O–H groups in total. The quantitative estimate of drug-likeness (QED) is 0.725. The number of benzene rings is 2. The predicted octanol–water partition coefficient (Wildman–Crippen LogP) is 3.91. The molecular weight excluding hydrogens is 301 g/mol. The molecule has 22 heavy (non-hydrogen) atoms. The smallest absolute Gasteiger partial charge is 0.209 e.